The Morgan fingerprint density at radius 2 is 1.74 bits per heavy atom. The summed E-state index contributed by atoms with van der Waals surface area (Å²) in [7, 11) is 2.01. The van der Waals surface area contributed by atoms with Gasteiger partial charge in [-0.25, -0.2) is 0 Å². The van der Waals surface area contributed by atoms with Crippen LogP contribution in [0.1, 0.15) is 29.7 Å². The third-order valence-corrected chi connectivity index (χ3v) is 4.18. The Kier molecular flexibility index (Phi) is 6.13. The maximum absolute atomic E-state index is 10.3. The van der Waals surface area contributed by atoms with Gasteiger partial charge in [0.15, 0.2) is 0 Å². The van der Waals surface area contributed by atoms with Crippen LogP contribution in [-0.4, -0.2) is 41.3 Å². The summed E-state index contributed by atoms with van der Waals surface area (Å²) in [5, 5.41) is 10.3. The summed E-state index contributed by atoms with van der Waals surface area (Å²) >= 11 is 0. The second kappa shape index (κ2) is 8.09. The van der Waals surface area contributed by atoms with E-state index in [0.717, 1.165) is 16.9 Å². The molecule has 1 heterocycles. The Morgan fingerprint density at radius 3 is 2.35 bits per heavy atom. The smallest absolute Gasteiger partial charge is 0.125 e. The van der Waals surface area contributed by atoms with Gasteiger partial charge in [-0.15, -0.1) is 0 Å². The normalized spacial score (nSPS) is 13.8. The quantitative estimate of drug-likeness (QED) is 0.853. The fourth-order valence-electron chi connectivity index (χ4n) is 2.65. The van der Waals surface area contributed by atoms with Crippen LogP contribution in [0.2, 0.25) is 0 Å². The first-order chi connectivity index (χ1) is 11.0. The van der Waals surface area contributed by atoms with E-state index in [4.69, 9.17) is 4.74 Å². The highest BCUT2D eigenvalue weighted by atomic mass is 16.5. The summed E-state index contributed by atoms with van der Waals surface area (Å²) in [4.78, 5) is 6.16. The lowest BCUT2D eigenvalue weighted by molar-refractivity contribution is 0.0649. The molecule has 4 heteroatoms. The molecule has 0 fully saturated rings. The number of pyridine rings is 1. The number of aromatic nitrogens is 1. The third-order valence-electron chi connectivity index (χ3n) is 4.18. The minimum atomic E-state index is -0.539. The van der Waals surface area contributed by atoms with Gasteiger partial charge in [0.2, 0.25) is 0 Å². The number of rotatable bonds is 7. The largest absolute Gasteiger partial charge is 0.490 e. The van der Waals surface area contributed by atoms with E-state index in [9.17, 15) is 5.11 Å². The molecule has 0 bridgehead atoms. The number of nitrogens with zero attached hydrogens (tertiary/aromatic N) is 2. The first-order valence-corrected chi connectivity index (χ1v) is 7.96. The molecular formula is C19H26N2O2. The molecule has 2 atom stereocenters. The first kappa shape index (κ1) is 17.4. The predicted molar refractivity (Wildman–Crippen MR) is 92.7 cm³/mol. The number of likely N-dealkylation sites (N-methyl/N-ethyl adjacent to an activating group) is 1. The summed E-state index contributed by atoms with van der Waals surface area (Å²) in [5.41, 5.74) is 3.37. The molecule has 0 aliphatic rings. The van der Waals surface area contributed by atoms with Crippen molar-refractivity contribution < 1.29 is 9.84 Å². The van der Waals surface area contributed by atoms with Gasteiger partial charge < -0.3 is 9.84 Å². The van der Waals surface area contributed by atoms with Crippen LogP contribution in [0.15, 0.2) is 42.7 Å². The maximum atomic E-state index is 10.3. The molecule has 1 aromatic carbocycles. The van der Waals surface area contributed by atoms with Gasteiger partial charge in [0, 0.05) is 25.0 Å². The summed E-state index contributed by atoms with van der Waals surface area (Å²) in [6.45, 7) is 7.00. The van der Waals surface area contributed by atoms with E-state index in [0.29, 0.717) is 13.2 Å². The maximum Gasteiger partial charge on any atom is 0.125 e. The molecule has 1 aromatic heterocycles. The lowest BCUT2D eigenvalue weighted by atomic mass is 10.1. The molecule has 0 saturated heterocycles. The molecule has 23 heavy (non-hydrogen) atoms. The zero-order valence-electron chi connectivity index (χ0n) is 14.4. The molecule has 0 saturated carbocycles. The lowest BCUT2D eigenvalue weighted by Gasteiger charge is -2.27. The van der Waals surface area contributed by atoms with Gasteiger partial charge in [0.1, 0.15) is 18.5 Å². The molecule has 2 unspecified atom stereocenters. The van der Waals surface area contributed by atoms with Crippen LogP contribution in [0, 0.1) is 13.8 Å². The number of para-hydroxylation sites is 1. The van der Waals surface area contributed by atoms with Crippen molar-refractivity contribution in [2.45, 2.75) is 32.9 Å². The number of hydrogen-bond donors (Lipinski definition) is 1. The van der Waals surface area contributed by atoms with Crippen LogP contribution in [0.4, 0.5) is 0 Å². The van der Waals surface area contributed by atoms with Gasteiger partial charge in [-0.2, -0.15) is 0 Å². The summed E-state index contributed by atoms with van der Waals surface area (Å²) < 4.78 is 5.83. The second-order valence-corrected chi connectivity index (χ2v) is 6.08. The first-order valence-electron chi connectivity index (χ1n) is 7.96. The SMILES string of the molecule is Cc1cccc(C)c1OCC(O)CN(C)C(C)c1ccncc1. The van der Waals surface area contributed by atoms with E-state index in [2.05, 4.69) is 16.8 Å². The molecule has 0 spiro atoms. The van der Waals surface area contributed by atoms with Crippen LogP contribution in [0.3, 0.4) is 0 Å². The highest BCUT2D eigenvalue weighted by Gasteiger charge is 2.16. The Morgan fingerprint density at radius 1 is 1.13 bits per heavy atom. The van der Waals surface area contributed by atoms with Crippen molar-refractivity contribution in [1.29, 1.82) is 0 Å². The van der Waals surface area contributed by atoms with Crippen molar-refractivity contribution >= 4 is 0 Å². The lowest BCUT2D eigenvalue weighted by Crippen LogP contribution is -2.34. The fraction of sp³-hybridized carbons (Fsp3) is 0.421. The van der Waals surface area contributed by atoms with Crippen LogP contribution in [0.25, 0.3) is 0 Å². The number of aliphatic hydroxyl groups excluding tert-OH is 1. The molecule has 2 aromatic rings. The van der Waals surface area contributed by atoms with E-state index in [1.807, 2.05) is 51.2 Å². The van der Waals surface area contributed by atoms with Gasteiger partial charge in [0.25, 0.3) is 0 Å². The predicted octanol–water partition coefficient (Wildman–Crippen LogP) is 3.13. The molecule has 0 amide bonds. The van der Waals surface area contributed by atoms with E-state index in [1.165, 1.54) is 5.56 Å². The van der Waals surface area contributed by atoms with Gasteiger partial charge in [-0.05, 0) is 56.6 Å². The Labute approximate surface area is 138 Å². The summed E-state index contributed by atoms with van der Waals surface area (Å²) in [6, 6.07) is 10.3. The zero-order chi connectivity index (χ0) is 16.8. The van der Waals surface area contributed by atoms with Crippen LogP contribution in [-0.2, 0) is 0 Å². The van der Waals surface area contributed by atoms with Crippen molar-refractivity contribution in [2.75, 3.05) is 20.2 Å². The highest BCUT2D eigenvalue weighted by Crippen LogP contribution is 2.23. The number of ether oxygens (including phenoxy) is 1. The van der Waals surface area contributed by atoms with E-state index < -0.39 is 6.10 Å². The van der Waals surface area contributed by atoms with Crippen LogP contribution >= 0.6 is 0 Å². The molecule has 0 aliphatic carbocycles. The van der Waals surface area contributed by atoms with Crippen molar-refractivity contribution in [1.82, 2.24) is 9.88 Å². The molecule has 4 nitrogen and oxygen atoms in total. The second-order valence-electron chi connectivity index (χ2n) is 6.08. The minimum absolute atomic E-state index is 0.216. The van der Waals surface area contributed by atoms with E-state index in [-0.39, 0.29) is 6.04 Å². The summed E-state index contributed by atoms with van der Waals surface area (Å²) in [5.74, 6) is 0.872. The molecule has 2 rings (SSSR count). The number of benzene rings is 1. The van der Waals surface area contributed by atoms with Gasteiger partial charge in [-0.3, -0.25) is 9.88 Å². The fourth-order valence-corrected chi connectivity index (χ4v) is 2.65. The van der Waals surface area contributed by atoms with Gasteiger partial charge in [-0.1, -0.05) is 18.2 Å². The van der Waals surface area contributed by atoms with Crippen LogP contribution in [0.5, 0.6) is 5.75 Å². The highest BCUT2D eigenvalue weighted by molar-refractivity contribution is 5.39. The Bertz CT molecular complexity index is 596. The van der Waals surface area contributed by atoms with Crippen LogP contribution < -0.4 is 4.74 Å². The topological polar surface area (TPSA) is 45.6 Å². The van der Waals surface area contributed by atoms with Crippen molar-refractivity contribution in [2.24, 2.45) is 0 Å². The van der Waals surface area contributed by atoms with E-state index >= 15 is 0 Å². The molecule has 124 valence electrons. The number of aryl methyl sites for hydroxylation is 2. The van der Waals surface area contributed by atoms with Gasteiger partial charge in [0.05, 0.1) is 0 Å². The standard InChI is InChI=1S/C19H26N2O2/c1-14-6-5-7-15(2)19(14)23-13-18(22)12-21(4)16(3)17-8-10-20-11-9-17/h5-11,16,18,22H,12-13H2,1-4H3. The zero-order valence-corrected chi connectivity index (χ0v) is 14.4. The van der Waals surface area contributed by atoms with Crippen molar-refractivity contribution in [3.63, 3.8) is 0 Å². The molecular weight excluding hydrogens is 288 g/mol. The van der Waals surface area contributed by atoms with Gasteiger partial charge >= 0.3 is 0 Å². The summed E-state index contributed by atoms with van der Waals surface area (Å²) in [6.07, 6.45) is 3.05. The molecule has 1 N–H and O–H groups in total. The average molecular weight is 314 g/mol. The van der Waals surface area contributed by atoms with Crippen molar-refractivity contribution in [3.8, 4) is 5.75 Å². The average Bonchev–Trinajstić information content (AvgIpc) is 2.54. The number of hydrogen-bond acceptors (Lipinski definition) is 4. The minimum Gasteiger partial charge on any atom is -0.490 e. The molecule has 0 radical (unpaired) electrons. The van der Waals surface area contributed by atoms with Crippen molar-refractivity contribution in [3.05, 3.63) is 59.4 Å². The third kappa shape index (κ3) is 4.78. The monoisotopic (exact) mass is 314 g/mol. The number of aliphatic hydroxyl groups is 1. The molecule has 0 aliphatic heterocycles. The van der Waals surface area contributed by atoms with E-state index in [1.54, 1.807) is 12.4 Å². The Balaban J connectivity index is 1.88. The Hall–Kier alpha value is -1.91.